The molecule has 1 saturated heterocycles. The van der Waals surface area contributed by atoms with Gasteiger partial charge in [0.05, 0.1) is 6.04 Å². The first-order valence-corrected chi connectivity index (χ1v) is 6.70. The molecular formula is C17H16FNO. The molecule has 2 aromatic rings. The summed E-state index contributed by atoms with van der Waals surface area (Å²) in [6.07, 6.45) is 0.371. The molecule has 1 N–H and O–H groups in total. The Balaban J connectivity index is 2.07. The standard InChI is InChI=1S/C17H16FNO/c1-17(13-8-5-9-14(18)10-13)11-15(20)19-16(17)12-6-3-2-4-7-12/h2-10,16H,11H2,1H3,(H,19,20). The minimum atomic E-state index is -0.430. The summed E-state index contributed by atoms with van der Waals surface area (Å²) in [6.45, 7) is 2.01. The molecule has 1 amide bonds. The molecule has 1 heterocycles. The van der Waals surface area contributed by atoms with Gasteiger partial charge in [-0.05, 0) is 23.3 Å². The van der Waals surface area contributed by atoms with Crippen molar-refractivity contribution >= 4 is 5.91 Å². The van der Waals surface area contributed by atoms with Crippen LogP contribution in [0.15, 0.2) is 54.6 Å². The fraction of sp³-hybridized carbons (Fsp3) is 0.235. The third-order valence-corrected chi connectivity index (χ3v) is 4.09. The molecule has 3 heteroatoms. The van der Waals surface area contributed by atoms with Crippen molar-refractivity contribution in [2.24, 2.45) is 0 Å². The molecule has 0 saturated carbocycles. The van der Waals surface area contributed by atoms with E-state index in [1.165, 1.54) is 12.1 Å². The molecule has 0 spiro atoms. The third-order valence-electron chi connectivity index (χ3n) is 4.09. The molecule has 1 aliphatic heterocycles. The van der Waals surface area contributed by atoms with E-state index in [4.69, 9.17) is 0 Å². The Morgan fingerprint density at radius 1 is 1.15 bits per heavy atom. The Kier molecular flexibility index (Phi) is 3.05. The third kappa shape index (κ3) is 2.09. The van der Waals surface area contributed by atoms with Gasteiger partial charge in [0.2, 0.25) is 5.91 Å². The maximum atomic E-state index is 13.5. The van der Waals surface area contributed by atoms with Gasteiger partial charge >= 0.3 is 0 Å². The van der Waals surface area contributed by atoms with Crippen LogP contribution in [0.5, 0.6) is 0 Å². The Bertz CT molecular complexity index is 640. The summed E-state index contributed by atoms with van der Waals surface area (Å²) in [5.41, 5.74) is 1.47. The van der Waals surface area contributed by atoms with E-state index in [0.717, 1.165) is 11.1 Å². The summed E-state index contributed by atoms with van der Waals surface area (Å²) < 4.78 is 13.5. The highest BCUT2D eigenvalue weighted by Gasteiger charge is 2.45. The van der Waals surface area contributed by atoms with Crippen molar-refractivity contribution in [1.29, 1.82) is 0 Å². The lowest BCUT2D eigenvalue weighted by Gasteiger charge is -2.31. The number of benzene rings is 2. The van der Waals surface area contributed by atoms with E-state index in [1.807, 2.05) is 43.3 Å². The first-order chi connectivity index (χ1) is 9.59. The van der Waals surface area contributed by atoms with Crippen molar-refractivity contribution in [3.63, 3.8) is 0 Å². The molecule has 2 unspecified atom stereocenters. The van der Waals surface area contributed by atoms with Gasteiger partial charge in [0.15, 0.2) is 0 Å². The molecule has 3 rings (SSSR count). The molecule has 1 fully saturated rings. The van der Waals surface area contributed by atoms with Crippen LogP contribution in [0, 0.1) is 5.82 Å². The van der Waals surface area contributed by atoms with Gasteiger partial charge in [0, 0.05) is 11.8 Å². The Morgan fingerprint density at radius 3 is 2.60 bits per heavy atom. The number of amides is 1. The zero-order valence-electron chi connectivity index (χ0n) is 11.3. The van der Waals surface area contributed by atoms with E-state index in [2.05, 4.69) is 5.32 Å². The summed E-state index contributed by atoms with van der Waals surface area (Å²) in [5.74, 6) is -0.263. The maximum absolute atomic E-state index is 13.5. The highest BCUT2D eigenvalue weighted by Crippen LogP contribution is 2.44. The van der Waals surface area contributed by atoms with E-state index in [9.17, 15) is 9.18 Å². The van der Waals surface area contributed by atoms with Crippen LogP contribution in [0.3, 0.4) is 0 Å². The summed E-state index contributed by atoms with van der Waals surface area (Å²) in [4.78, 5) is 11.9. The maximum Gasteiger partial charge on any atom is 0.221 e. The van der Waals surface area contributed by atoms with Crippen LogP contribution < -0.4 is 5.32 Å². The average molecular weight is 269 g/mol. The van der Waals surface area contributed by atoms with Gasteiger partial charge in [0.1, 0.15) is 5.82 Å². The molecule has 0 bridgehead atoms. The molecule has 0 aliphatic carbocycles. The lowest BCUT2D eigenvalue weighted by Crippen LogP contribution is -2.30. The number of halogens is 1. The molecule has 0 radical (unpaired) electrons. The van der Waals surface area contributed by atoms with E-state index >= 15 is 0 Å². The summed E-state index contributed by atoms with van der Waals surface area (Å²) in [7, 11) is 0. The van der Waals surface area contributed by atoms with Gasteiger partial charge in [-0.25, -0.2) is 4.39 Å². The second-order valence-corrected chi connectivity index (χ2v) is 5.52. The van der Waals surface area contributed by atoms with Crippen molar-refractivity contribution in [2.75, 3.05) is 0 Å². The topological polar surface area (TPSA) is 29.1 Å². The van der Waals surface area contributed by atoms with Gasteiger partial charge in [-0.1, -0.05) is 49.4 Å². The van der Waals surface area contributed by atoms with Crippen LogP contribution >= 0.6 is 0 Å². The largest absolute Gasteiger partial charge is 0.348 e. The monoisotopic (exact) mass is 269 g/mol. The molecule has 1 aliphatic rings. The quantitative estimate of drug-likeness (QED) is 0.890. The second kappa shape index (κ2) is 4.75. The number of hydrogen-bond donors (Lipinski definition) is 1. The summed E-state index contributed by atoms with van der Waals surface area (Å²) in [6, 6.07) is 16.2. The number of carbonyl (C=O) groups is 1. The van der Waals surface area contributed by atoms with Gasteiger partial charge in [-0.2, -0.15) is 0 Å². The van der Waals surface area contributed by atoms with Crippen molar-refractivity contribution in [3.8, 4) is 0 Å². The highest BCUT2D eigenvalue weighted by molar-refractivity contribution is 5.82. The molecule has 0 aromatic heterocycles. The minimum Gasteiger partial charge on any atom is -0.348 e. The SMILES string of the molecule is CC1(c2cccc(F)c2)CC(=O)NC1c1ccccc1. The van der Waals surface area contributed by atoms with Crippen LogP contribution in [0.25, 0.3) is 0 Å². The Hall–Kier alpha value is -2.16. The highest BCUT2D eigenvalue weighted by atomic mass is 19.1. The number of carbonyl (C=O) groups excluding carboxylic acids is 1. The molecule has 2 atom stereocenters. The molecule has 20 heavy (non-hydrogen) atoms. The van der Waals surface area contributed by atoms with Crippen molar-refractivity contribution < 1.29 is 9.18 Å². The Labute approximate surface area is 117 Å². The zero-order valence-corrected chi connectivity index (χ0v) is 11.3. The molecule has 2 nitrogen and oxygen atoms in total. The Morgan fingerprint density at radius 2 is 1.90 bits per heavy atom. The smallest absolute Gasteiger partial charge is 0.221 e. The number of hydrogen-bond acceptors (Lipinski definition) is 1. The van der Waals surface area contributed by atoms with Crippen molar-refractivity contribution in [1.82, 2.24) is 5.32 Å². The van der Waals surface area contributed by atoms with Gasteiger partial charge < -0.3 is 5.32 Å². The van der Waals surface area contributed by atoms with E-state index in [0.29, 0.717) is 6.42 Å². The summed E-state index contributed by atoms with van der Waals surface area (Å²) in [5, 5.41) is 3.02. The van der Waals surface area contributed by atoms with Crippen LogP contribution in [0.4, 0.5) is 4.39 Å². The van der Waals surface area contributed by atoms with E-state index in [1.54, 1.807) is 6.07 Å². The first-order valence-electron chi connectivity index (χ1n) is 6.70. The lowest BCUT2D eigenvalue weighted by atomic mass is 9.73. The fourth-order valence-electron chi connectivity index (χ4n) is 3.02. The predicted octanol–water partition coefficient (Wildman–Crippen LogP) is 3.34. The average Bonchev–Trinajstić information content (AvgIpc) is 2.76. The van der Waals surface area contributed by atoms with Gasteiger partial charge in [-0.15, -0.1) is 0 Å². The lowest BCUT2D eigenvalue weighted by molar-refractivity contribution is -0.119. The zero-order chi connectivity index (χ0) is 14.2. The van der Waals surface area contributed by atoms with Gasteiger partial charge in [-0.3, -0.25) is 4.79 Å². The molecular weight excluding hydrogens is 253 g/mol. The normalized spacial score (nSPS) is 25.5. The van der Waals surface area contributed by atoms with Crippen LogP contribution in [0.1, 0.15) is 30.5 Å². The number of rotatable bonds is 2. The van der Waals surface area contributed by atoms with Crippen LogP contribution in [-0.2, 0) is 10.2 Å². The van der Waals surface area contributed by atoms with E-state index < -0.39 is 5.41 Å². The second-order valence-electron chi connectivity index (χ2n) is 5.52. The van der Waals surface area contributed by atoms with E-state index in [-0.39, 0.29) is 17.8 Å². The van der Waals surface area contributed by atoms with Gasteiger partial charge in [0.25, 0.3) is 0 Å². The minimum absolute atomic E-state index is 0.00520. The van der Waals surface area contributed by atoms with Crippen LogP contribution in [-0.4, -0.2) is 5.91 Å². The predicted molar refractivity (Wildman–Crippen MR) is 75.7 cm³/mol. The van der Waals surface area contributed by atoms with Crippen molar-refractivity contribution in [2.45, 2.75) is 24.8 Å². The van der Waals surface area contributed by atoms with Crippen molar-refractivity contribution in [3.05, 3.63) is 71.5 Å². The molecule has 102 valence electrons. The number of nitrogens with one attached hydrogen (secondary N) is 1. The fourth-order valence-corrected chi connectivity index (χ4v) is 3.02. The van der Waals surface area contributed by atoms with Crippen LogP contribution in [0.2, 0.25) is 0 Å². The molecule has 2 aromatic carbocycles. The summed E-state index contributed by atoms with van der Waals surface area (Å²) >= 11 is 0. The first kappa shape index (κ1) is 12.9.